The monoisotopic (exact) mass is 278 g/mol. The van der Waals surface area contributed by atoms with Gasteiger partial charge in [0.05, 0.1) is 6.61 Å². The molecule has 0 amide bonds. The summed E-state index contributed by atoms with van der Waals surface area (Å²) in [5.41, 5.74) is 5.62. The first-order valence-corrected chi connectivity index (χ1v) is 7.86. The van der Waals surface area contributed by atoms with E-state index in [9.17, 15) is 13.2 Å². The third-order valence-electron chi connectivity index (χ3n) is 3.16. The van der Waals surface area contributed by atoms with Crippen molar-refractivity contribution in [3.05, 3.63) is 0 Å². The lowest BCUT2D eigenvalue weighted by Gasteiger charge is -2.36. The van der Waals surface area contributed by atoms with E-state index in [0.29, 0.717) is 12.5 Å². The van der Waals surface area contributed by atoms with Gasteiger partial charge in [-0.2, -0.15) is 4.31 Å². The highest BCUT2D eigenvalue weighted by atomic mass is 32.2. The SMILES string of the molecule is CCOC(=O)CS(=O)(=O)N1CCC(C)CC1CN. The molecule has 7 heteroatoms. The van der Waals surface area contributed by atoms with Gasteiger partial charge in [-0.15, -0.1) is 0 Å². The van der Waals surface area contributed by atoms with Gasteiger partial charge in [-0.3, -0.25) is 4.79 Å². The van der Waals surface area contributed by atoms with Crippen molar-refractivity contribution < 1.29 is 17.9 Å². The number of hydrogen-bond acceptors (Lipinski definition) is 5. The number of nitrogens with zero attached hydrogens (tertiary/aromatic N) is 1. The van der Waals surface area contributed by atoms with Crippen molar-refractivity contribution in [1.29, 1.82) is 0 Å². The molecule has 106 valence electrons. The third-order valence-corrected chi connectivity index (χ3v) is 4.95. The van der Waals surface area contributed by atoms with Gasteiger partial charge in [0.1, 0.15) is 0 Å². The summed E-state index contributed by atoms with van der Waals surface area (Å²) in [5.74, 6) is -0.828. The van der Waals surface area contributed by atoms with Gasteiger partial charge in [0, 0.05) is 19.1 Å². The summed E-state index contributed by atoms with van der Waals surface area (Å²) in [6.45, 7) is 4.64. The molecule has 0 spiro atoms. The van der Waals surface area contributed by atoms with Crippen molar-refractivity contribution in [2.75, 3.05) is 25.4 Å². The molecule has 2 atom stereocenters. The van der Waals surface area contributed by atoms with Gasteiger partial charge < -0.3 is 10.5 Å². The highest BCUT2D eigenvalue weighted by molar-refractivity contribution is 7.89. The third kappa shape index (κ3) is 3.93. The second-order valence-electron chi connectivity index (χ2n) is 4.69. The number of carbonyl (C=O) groups excluding carboxylic acids is 1. The smallest absolute Gasteiger partial charge is 0.322 e. The van der Waals surface area contributed by atoms with E-state index in [1.807, 2.05) is 0 Å². The first-order valence-electron chi connectivity index (χ1n) is 6.26. The van der Waals surface area contributed by atoms with Gasteiger partial charge in [-0.05, 0) is 25.7 Å². The molecule has 0 aromatic rings. The average molecular weight is 278 g/mol. The summed E-state index contributed by atoms with van der Waals surface area (Å²) >= 11 is 0. The molecule has 0 aliphatic carbocycles. The molecule has 18 heavy (non-hydrogen) atoms. The van der Waals surface area contributed by atoms with Crippen molar-refractivity contribution in [2.45, 2.75) is 32.7 Å². The van der Waals surface area contributed by atoms with Crippen LogP contribution in [0.25, 0.3) is 0 Å². The molecule has 1 rings (SSSR count). The van der Waals surface area contributed by atoms with Crippen LogP contribution in [0.4, 0.5) is 0 Å². The Kier molecular flexibility index (Phi) is 5.55. The number of carbonyl (C=O) groups is 1. The topological polar surface area (TPSA) is 89.7 Å². The number of esters is 1. The zero-order valence-electron chi connectivity index (χ0n) is 11.0. The highest BCUT2D eigenvalue weighted by Gasteiger charge is 2.35. The Balaban J connectivity index is 2.74. The Morgan fingerprint density at radius 1 is 1.50 bits per heavy atom. The van der Waals surface area contributed by atoms with Crippen LogP contribution in [0.2, 0.25) is 0 Å². The van der Waals surface area contributed by atoms with Crippen LogP contribution in [0.3, 0.4) is 0 Å². The summed E-state index contributed by atoms with van der Waals surface area (Å²) in [7, 11) is -3.61. The first kappa shape index (κ1) is 15.4. The minimum atomic E-state index is -3.61. The number of hydrogen-bond donors (Lipinski definition) is 1. The number of sulfonamides is 1. The maximum atomic E-state index is 12.1. The van der Waals surface area contributed by atoms with Crippen LogP contribution in [-0.2, 0) is 19.6 Å². The van der Waals surface area contributed by atoms with E-state index >= 15 is 0 Å². The van der Waals surface area contributed by atoms with Crippen LogP contribution in [0.15, 0.2) is 0 Å². The van der Waals surface area contributed by atoms with E-state index in [-0.39, 0.29) is 19.2 Å². The Bertz CT molecular complexity index is 383. The fourth-order valence-corrected chi connectivity index (χ4v) is 3.80. The first-order chi connectivity index (χ1) is 8.40. The van der Waals surface area contributed by atoms with Crippen molar-refractivity contribution >= 4 is 16.0 Å². The number of piperidine rings is 1. The van der Waals surface area contributed by atoms with Crippen LogP contribution in [0.5, 0.6) is 0 Å². The lowest BCUT2D eigenvalue weighted by atomic mass is 9.94. The van der Waals surface area contributed by atoms with E-state index in [0.717, 1.165) is 12.8 Å². The zero-order chi connectivity index (χ0) is 13.8. The summed E-state index contributed by atoms with van der Waals surface area (Å²) in [6, 6.07) is -0.201. The predicted octanol–water partition coefficient (Wildman–Crippen LogP) is -0.0615. The van der Waals surface area contributed by atoms with Crippen molar-refractivity contribution in [3.63, 3.8) is 0 Å². The molecule has 1 aliphatic heterocycles. The molecule has 0 aromatic heterocycles. The van der Waals surface area contributed by atoms with E-state index < -0.39 is 21.7 Å². The Labute approximate surface area is 109 Å². The molecule has 0 aromatic carbocycles. The Morgan fingerprint density at radius 3 is 2.72 bits per heavy atom. The van der Waals surface area contributed by atoms with Crippen LogP contribution >= 0.6 is 0 Å². The molecule has 2 unspecified atom stereocenters. The largest absolute Gasteiger partial charge is 0.465 e. The van der Waals surface area contributed by atoms with E-state index in [2.05, 4.69) is 11.7 Å². The predicted molar refractivity (Wildman–Crippen MR) is 68.4 cm³/mol. The van der Waals surface area contributed by atoms with Crippen LogP contribution in [0, 0.1) is 5.92 Å². The van der Waals surface area contributed by atoms with E-state index in [4.69, 9.17) is 5.73 Å². The summed E-state index contributed by atoms with van der Waals surface area (Å²) in [6.07, 6.45) is 1.55. The van der Waals surface area contributed by atoms with Gasteiger partial charge in [-0.1, -0.05) is 6.92 Å². The van der Waals surface area contributed by atoms with Gasteiger partial charge in [0.25, 0.3) is 0 Å². The Hall–Kier alpha value is -0.660. The van der Waals surface area contributed by atoms with E-state index in [1.165, 1.54) is 4.31 Å². The second kappa shape index (κ2) is 6.49. The zero-order valence-corrected chi connectivity index (χ0v) is 11.8. The minimum absolute atomic E-state index is 0.186. The van der Waals surface area contributed by atoms with Gasteiger partial charge in [0.2, 0.25) is 10.0 Å². The standard InChI is InChI=1S/C11H22N2O4S/c1-3-17-11(14)8-18(15,16)13-5-4-9(2)6-10(13)7-12/h9-10H,3-8,12H2,1-2H3. The summed E-state index contributed by atoms with van der Waals surface area (Å²) < 4.78 is 30.3. The maximum Gasteiger partial charge on any atom is 0.322 e. The normalized spacial score (nSPS) is 25.9. The highest BCUT2D eigenvalue weighted by Crippen LogP contribution is 2.24. The fourth-order valence-electron chi connectivity index (χ4n) is 2.24. The van der Waals surface area contributed by atoms with Crippen LogP contribution < -0.4 is 5.73 Å². The van der Waals surface area contributed by atoms with Crippen molar-refractivity contribution in [3.8, 4) is 0 Å². The molecule has 2 N–H and O–H groups in total. The van der Waals surface area contributed by atoms with Crippen molar-refractivity contribution in [1.82, 2.24) is 4.31 Å². The number of rotatable bonds is 5. The quantitative estimate of drug-likeness (QED) is 0.711. The molecule has 1 aliphatic rings. The lowest BCUT2D eigenvalue weighted by molar-refractivity contribution is -0.140. The molecule has 0 saturated carbocycles. The molecule has 0 bridgehead atoms. The molecule has 0 radical (unpaired) electrons. The molecule has 1 fully saturated rings. The fraction of sp³-hybridized carbons (Fsp3) is 0.909. The van der Waals surface area contributed by atoms with Gasteiger partial charge >= 0.3 is 5.97 Å². The Morgan fingerprint density at radius 2 is 2.17 bits per heavy atom. The average Bonchev–Trinajstić information content (AvgIpc) is 2.27. The maximum absolute atomic E-state index is 12.1. The molecule has 6 nitrogen and oxygen atoms in total. The lowest BCUT2D eigenvalue weighted by Crippen LogP contribution is -2.50. The van der Waals surface area contributed by atoms with Gasteiger partial charge in [-0.25, -0.2) is 8.42 Å². The van der Waals surface area contributed by atoms with Crippen molar-refractivity contribution in [2.24, 2.45) is 11.7 Å². The summed E-state index contributed by atoms with van der Waals surface area (Å²) in [5, 5.41) is 0. The summed E-state index contributed by atoms with van der Waals surface area (Å²) in [4.78, 5) is 11.3. The number of nitrogens with two attached hydrogens (primary N) is 1. The van der Waals surface area contributed by atoms with E-state index in [1.54, 1.807) is 6.92 Å². The number of ether oxygens (including phenoxy) is 1. The van der Waals surface area contributed by atoms with Crippen LogP contribution in [-0.4, -0.2) is 50.2 Å². The second-order valence-corrected chi connectivity index (χ2v) is 6.61. The van der Waals surface area contributed by atoms with Crippen LogP contribution in [0.1, 0.15) is 26.7 Å². The molecular formula is C11H22N2O4S. The molecule has 1 heterocycles. The molecular weight excluding hydrogens is 256 g/mol. The minimum Gasteiger partial charge on any atom is -0.465 e. The molecule has 1 saturated heterocycles. The van der Waals surface area contributed by atoms with Gasteiger partial charge in [0.15, 0.2) is 5.75 Å².